The van der Waals surface area contributed by atoms with E-state index in [9.17, 15) is 4.39 Å². The van der Waals surface area contributed by atoms with E-state index in [2.05, 4.69) is 39.6 Å². The molecular formula is C17H18BrFN2. The topological polar surface area (TPSA) is 38.0 Å². The molecule has 1 aliphatic carbocycles. The first-order chi connectivity index (χ1) is 10.2. The van der Waals surface area contributed by atoms with Crippen LogP contribution >= 0.6 is 15.9 Å². The van der Waals surface area contributed by atoms with E-state index in [0.29, 0.717) is 12.0 Å². The molecule has 1 aliphatic rings. The molecule has 1 atom stereocenters. The lowest BCUT2D eigenvalue weighted by atomic mass is 9.96. The predicted molar refractivity (Wildman–Crippen MR) is 86.3 cm³/mol. The number of fused-ring (bicyclic) bond motifs is 1. The van der Waals surface area contributed by atoms with Gasteiger partial charge in [0.1, 0.15) is 5.82 Å². The van der Waals surface area contributed by atoms with Crippen LogP contribution in [0.5, 0.6) is 0 Å². The highest BCUT2D eigenvalue weighted by Crippen LogP contribution is 2.27. The number of hydrazine groups is 1. The molecule has 3 rings (SSSR count). The minimum atomic E-state index is -0.234. The first kappa shape index (κ1) is 14.7. The first-order valence-corrected chi connectivity index (χ1v) is 7.98. The first-order valence-electron chi connectivity index (χ1n) is 7.19. The zero-order chi connectivity index (χ0) is 14.8. The molecule has 0 saturated heterocycles. The van der Waals surface area contributed by atoms with Gasteiger partial charge in [-0.25, -0.2) is 4.39 Å². The SMILES string of the molecule is NNC(Cc1ccc2c(c1)CCC2)c1cc(Br)ccc1F. The van der Waals surface area contributed by atoms with Gasteiger partial charge in [-0.1, -0.05) is 34.1 Å². The zero-order valence-electron chi connectivity index (χ0n) is 11.7. The summed E-state index contributed by atoms with van der Waals surface area (Å²) in [6.07, 6.45) is 4.23. The average Bonchev–Trinajstić information content (AvgIpc) is 2.95. The van der Waals surface area contributed by atoms with Gasteiger partial charge in [-0.15, -0.1) is 0 Å². The molecule has 0 aromatic heterocycles. The van der Waals surface area contributed by atoms with Crippen molar-refractivity contribution in [2.24, 2.45) is 5.84 Å². The second-order valence-corrected chi connectivity index (χ2v) is 6.46. The summed E-state index contributed by atoms with van der Waals surface area (Å²) >= 11 is 3.38. The van der Waals surface area contributed by atoms with Gasteiger partial charge in [-0.05, 0) is 60.6 Å². The molecule has 0 heterocycles. The van der Waals surface area contributed by atoms with Crippen LogP contribution in [0.15, 0.2) is 40.9 Å². The molecule has 0 saturated carbocycles. The Morgan fingerprint density at radius 1 is 1.14 bits per heavy atom. The van der Waals surface area contributed by atoms with Gasteiger partial charge in [0.15, 0.2) is 0 Å². The lowest BCUT2D eigenvalue weighted by Gasteiger charge is -2.18. The van der Waals surface area contributed by atoms with Crippen LogP contribution < -0.4 is 11.3 Å². The van der Waals surface area contributed by atoms with Gasteiger partial charge in [0, 0.05) is 10.0 Å². The van der Waals surface area contributed by atoms with Gasteiger partial charge >= 0.3 is 0 Å². The third-order valence-electron chi connectivity index (χ3n) is 4.14. The number of nitrogens with one attached hydrogen (secondary N) is 1. The van der Waals surface area contributed by atoms with Crippen LogP contribution in [0.1, 0.15) is 34.7 Å². The maximum absolute atomic E-state index is 14.0. The second-order valence-electron chi connectivity index (χ2n) is 5.55. The minimum Gasteiger partial charge on any atom is -0.271 e. The van der Waals surface area contributed by atoms with Crippen LogP contribution in [0.3, 0.4) is 0 Å². The van der Waals surface area contributed by atoms with Gasteiger partial charge < -0.3 is 0 Å². The van der Waals surface area contributed by atoms with E-state index in [0.717, 1.165) is 10.9 Å². The van der Waals surface area contributed by atoms with Crippen LogP contribution in [0.4, 0.5) is 4.39 Å². The van der Waals surface area contributed by atoms with Gasteiger partial charge in [-0.3, -0.25) is 11.3 Å². The standard InChI is InChI=1S/C17H18BrFN2/c18-14-6-7-16(19)15(10-14)17(21-20)9-11-4-5-12-2-1-3-13(12)8-11/h4-8,10,17,21H,1-3,9,20H2. The van der Waals surface area contributed by atoms with Crippen molar-refractivity contribution in [3.63, 3.8) is 0 Å². The molecule has 21 heavy (non-hydrogen) atoms. The molecule has 1 unspecified atom stereocenters. The predicted octanol–water partition coefficient (Wildman–Crippen LogP) is 3.82. The van der Waals surface area contributed by atoms with Gasteiger partial charge in [0.05, 0.1) is 6.04 Å². The summed E-state index contributed by atoms with van der Waals surface area (Å²) in [5, 5.41) is 0. The molecule has 0 bridgehead atoms. The summed E-state index contributed by atoms with van der Waals surface area (Å²) in [5.41, 5.74) is 7.40. The lowest BCUT2D eigenvalue weighted by molar-refractivity contribution is 0.510. The van der Waals surface area contributed by atoms with Crippen LogP contribution in [0.25, 0.3) is 0 Å². The monoisotopic (exact) mass is 348 g/mol. The highest BCUT2D eigenvalue weighted by atomic mass is 79.9. The van der Waals surface area contributed by atoms with Crippen LogP contribution in [-0.4, -0.2) is 0 Å². The summed E-state index contributed by atoms with van der Waals surface area (Å²) in [6, 6.07) is 11.3. The summed E-state index contributed by atoms with van der Waals surface area (Å²) in [4.78, 5) is 0. The molecule has 110 valence electrons. The van der Waals surface area contributed by atoms with Crippen molar-refractivity contribution in [1.29, 1.82) is 0 Å². The van der Waals surface area contributed by atoms with Gasteiger partial charge in [0.25, 0.3) is 0 Å². The Morgan fingerprint density at radius 3 is 2.76 bits per heavy atom. The van der Waals surface area contributed by atoms with Crippen LogP contribution in [0.2, 0.25) is 0 Å². The van der Waals surface area contributed by atoms with Crippen LogP contribution in [-0.2, 0) is 19.3 Å². The van der Waals surface area contributed by atoms with Crippen LogP contribution in [0, 0.1) is 5.82 Å². The number of rotatable bonds is 4. The Morgan fingerprint density at radius 2 is 1.95 bits per heavy atom. The fraction of sp³-hybridized carbons (Fsp3) is 0.294. The van der Waals surface area contributed by atoms with Crippen molar-refractivity contribution >= 4 is 15.9 Å². The van der Waals surface area contributed by atoms with E-state index < -0.39 is 0 Å². The zero-order valence-corrected chi connectivity index (χ0v) is 13.3. The van der Waals surface area contributed by atoms with Crippen molar-refractivity contribution in [3.8, 4) is 0 Å². The average molecular weight is 349 g/mol. The molecule has 0 fully saturated rings. The highest BCUT2D eigenvalue weighted by molar-refractivity contribution is 9.10. The normalized spacial score (nSPS) is 15.0. The Balaban J connectivity index is 1.86. The van der Waals surface area contributed by atoms with Crippen molar-refractivity contribution in [2.75, 3.05) is 0 Å². The summed E-state index contributed by atoms with van der Waals surface area (Å²) in [7, 11) is 0. The molecule has 3 N–H and O–H groups in total. The molecule has 2 aromatic carbocycles. The second kappa shape index (κ2) is 6.26. The lowest BCUT2D eigenvalue weighted by Crippen LogP contribution is -2.30. The molecule has 0 spiro atoms. The van der Waals surface area contributed by atoms with E-state index in [1.165, 1.54) is 35.6 Å². The van der Waals surface area contributed by atoms with Gasteiger partial charge in [0.2, 0.25) is 0 Å². The number of halogens is 2. The number of benzene rings is 2. The van der Waals surface area contributed by atoms with Crippen molar-refractivity contribution < 1.29 is 4.39 Å². The number of aryl methyl sites for hydroxylation is 2. The Kier molecular flexibility index (Phi) is 4.38. The molecule has 4 heteroatoms. The molecular weight excluding hydrogens is 331 g/mol. The highest BCUT2D eigenvalue weighted by Gasteiger charge is 2.17. The van der Waals surface area contributed by atoms with Crippen molar-refractivity contribution in [1.82, 2.24) is 5.43 Å². The van der Waals surface area contributed by atoms with E-state index in [1.54, 1.807) is 12.1 Å². The molecule has 2 aromatic rings. The smallest absolute Gasteiger partial charge is 0.128 e. The Bertz CT molecular complexity index is 657. The van der Waals surface area contributed by atoms with E-state index in [1.807, 2.05) is 0 Å². The van der Waals surface area contributed by atoms with E-state index in [4.69, 9.17) is 5.84 Å². The maximum Gasteiger partial charge on any atom is 0.128 e. The summed E-state index contributed by atoms with van der Waals surface area (Å²) in [6.45, 7) is 0. The third-order valence-corrected chi connectivity index (χ3v) is 4.63. The van der Waals surface area contributed by atoms with E-state index in [-0.39, 0.29) is 11.9 Å². The van der Waals surface area contributed by atoms with E-state index >= 15 is 0 Å². The summed E-state index contributed by atoms with van der Waals surface area (Å²) in [5.74, 6) is 5.42. The number of hydrogen-bond donors (Lipinski definition) is 2. The molecule has 2 nitrogen and oxygen atoms in total. The number of nitrogens with two attached hydrogens (primary N) is 1. The van der Waals surface area contributed by atoms with Crippen molar-refractivity contribution in [2.45, 2.75) is 31.7 Å². The molecule has 0 amide bonds. The fourth-order valence-electron chi connectivity index (χ4n) is 3.03. The fourth-order valence-corrected chi connectivity index (χ4v) is 3.41. The molecule has 0 aliphatic heterocycles. The largest absolute Gasteiger partial charge is 0.271 e. The Hall–Kier alpha value is -1.23. The van der Waals surface area contributed by atoms with Gasteiger partial charge in [-0.2, -0.15) is 0 Å². The van der Waals surface area contributed by atoms with Crippen molar-refractivity contribution in [3.05, 3.63) is 68.9 Å². The Labute approximate surface area is 132 Å². The third kappa shape index (κ3) is 3.18. The maximum atomic E-state index is 14.0. The minimum absolute atomic E-state index is 0.234. The number of hydrogen-bond acceptors (Lipinski definition) is 2. The molecule has 0 radical (unpaired) electrons. The quantitative estimate of drug-likeness (QED) is 0.651. The summed E-state index contributed by atoms with van der Waals surface area (Å²) < 4.78 is 14.9.